The lowest BCUT2D eigenvalue weighted by molar-refractivity contribution is -0.136. The molecule has 1 heterocycles. The van der Waals surface area contributed by atoms with E-state index in [2.05, 4.69) is 5.32 Å². The first-order valence-electron chi connectivity index (χ1n) is 13.5. The molecule has 0 saturated heterocycles. The summed E-state index contributed by atoms with van der Waals surface area (Å²) in [5.74, 6) is 0.0620. The molecule has 0 aromatic heterocycles. The quantitative estimate of drug-likeness (QED) is 0.222. The second-order valence-electron chi connectivity index (χ2n) is 10.0. The van der Waals surface area contributed by atoms with Crippen LogP contribution in [0.2, 0.25) is 0 Å². The molecule has 8 heteroatoms. The molecular formula is C33H32N2O6. The number of benzene rings is 4. The number of ether oxygens (including phenoxy) is 2. The normalized spacial score (nSPS) is 14.8. The van der Waals surface area contributed by atoms with E-state index in [1.165, 1.54) is 0 Å². The van der Waals surface area contributed by atoms with Crippen LogP contribution in [0.3, 0.4) is 0 Å². The van der Waals surface area contributed by atoms with Crippen LogP contribution in [-0.4, -0.2) is 35.3 Å². The summed E-state index contributed by atoms with van der Waals surface area (Å²) in [6, 6.07) is 27.1. The van der Waals surface area contributed by atoms with E-state index in [4.69, 9.17) is 15.2 Å². The molecule has 0 fully saturated rings. The van der Waals surface area contributed by atoms with Gasteiger partial charge in [0.1, 0.15) is 18.1 Å². The van der Waals surface area contributed by atoms with Gasteiger partial charge in [0.2, 0.25) is 0 Å². The smallest absolute Gasteiger partial charge is 0.307 e. The number of aliphatic hydroxyl groups is 1. The number of aliphatic carboxylic acids is 1. The van der Waals surface area contributed by atoms with E-state index in [0.29, 0.717) is 29.9 Å². The zero-order valence-electron chi connectivity index (χ0n) is 22.5. The number of aliphatic hydroxyl groups excluding tert-OH is 1. The Balaban J connectivity index is 1.47. The third-order valence-corrected chi connectivity index (χ3v) is 7.07. The van der Waals surface area contributed by atoms with Gasteiger partial charge in [0.25, 0.3) is 5.91 Å². The Morgan fingerprint density at radius 3 is 2.61 bits per heavy atom. The number of carbonyl (C=O) groups excluding carboxylic acids is 1. The van der Waals surface area contributed by atoms with E-state index in [1.807, 2.05) is 60.7 Å². The van der Waals surface area contributed by atoms with Crippen molar-refractivity contribution >= 4 is 11.9 Å². The first-order chi connectivity index (χ1) is 19.9. The van der Waals surface area contributed by atoms with Crippen molar-refractivity contribution in [3.63, 3.8) is 0 Å². The third kappa shape index (κ3) is 6.74. The fourth-order valence-electron chi connectivity index (χ4n) is 4.98. The highest BCUT2D eigenvalue weighted by molar-refractivity contribution is 5.96. The van der Waals surface area contributed by atoms with Gasteiger partial charge in [-0.15, -0.1) is 0 Å². The number of amides is 1. The van der Waals surface area contributed by atoms with E-state index in [9.17, 15) is 19.8 Å². The van der Waals surface area contributed by atoms with Crippen molar-refractivity contribution in [2.24, 2.45) is 5.73 Å². The number of carboxylic acid groups (broad SMARTS) is 1. The Morgan fingerprint density at radius 1 is 0.976 bits per heavy atom. The Bertz CT molecular complexity index is 1550. The monoisotopic (exact) mass is 552 g/mol. The average Bonchev–Trinajstić information content (AvgIpc) is 3.00. The summed E-state index contributed by atoms with van der Waals surface area (Å²) in [5.41, 5.74) is 11.2. The molecule has 5 rings (SSSR count). The molecule has 1 amide bonds. The van der Waals surface area contributed by atoms with Gasteiger partial charge in [-0.25, -0.2) is 0 Å². The lowest BCUT2D eigenvalue weighted by atomic mass is 9.96. The molecule has 5 N–H and O–H groups in total. The van der Waals surface area contributed by atoms with Crippen molar-refractivity contribution in [1.29, 1.82) is 0 Å². The molecule has 0 unspecified atom stereocenters. The molecule has 2 atom stereocenters. The standard InChI is InChI=1S/C33H32N2O6/c34-28(19-36)23-8-5-7-22(16-23)25-14-21(20-41-30-10-3-1-6-24(30)18-32(37)38)15-26(17-25)33(39)35-29-12-13-40-31-11-4-2-9-27(29)31/h1-11,14-17,28-29,36H,12-13,18-20,34H2,(H,35,39)(H,37,38)/t28-,29+/m1/s1. The van der Waals surface area contributed by atoms with Gasteiger partial charge in [-0.1, -0.05) is 54.6 Å². The minimum Gasteiger partial charge on any atom is -0.493 e. The number of hydrogen-bond donors (Lipinski definition) is 4. The molecular weight excluding hydrogens is 520 g/mol. The highest BCUT2D eigenvalue weighted by atomic mass is 16.5. The van der Waals surface area contributed by atoms with Crippen molar-refractivity contribution in [3.8, 4) is 22.6 Å². The van der Waals surface area contributed by atoms with Crippen LogP contribution < -0.4 is 20.5 Å². The maximum absolute atomic E-state index is 13.6. The number of rotatable bonds is 10. The number of carbonyl (C=O) groups is 2. The van der Waals surface area contributed by atoms with Crippen molar-refractivity contribution in [2.75, 3.05) is 13.2 Å². The fourth-order valence-corrected chi connectivity index (χ4v) is 4.98. The number of nitrogens with one attached hydrogen (secondary N) is 1. The molecule has 0 spiro atoms. The van der Waals surface area contributed by atoms with E-state index >= 15 is 0 Å². The van der Waals surface area contributed by atoms with Crippen LogP contribution in [-0.2, 0) is 17.8 Å². The van der Waals surface area contributed by atoms with Crippen LogP contribution in [0.15, 0.2) is 91.0 Å². The Morgan fingerprint density at radius 2 is 1.78 bits per heavy atom. The van der Waals surface area contributed by atoms with Crippen LogP contribution in [0.25, 0.3) is 11.1 Å². The van der Waals surface area contributed by atoms with E-state index < -0.39 is 12.0 Å². The van der Waals surface area contributed by atoms with Crippen LogP contribution in [0.4, 0.5) is 0 Å². The lowest BCUT2D eigenvalue weighted by Gasteiger charge is -2.26. The van der Waals surface area contributed by atoms with Gasteiger partial charge in [-0.2, -0.15) is 0 Å². The minimum atomic E-state index is -0.947. The van der Waals surface area contributed by atoms with Gasteiger partial charge >= 0.3 is 5.97 Å². The predicted octanol–water partition coefficient (Wildman–Crippen LogP) is 4.81. The molecule has 210 valence electrons. The molecule has 0 bridgehead atoms. The Labute approximate surface area is 238 Å². The van der Waals surface area contributed by atoms with Crippen LogP contribution in [0.5, 0.6) is 11.5 Å². The number of nitrogens with two attached hydrogens (primary N) is 1. The first kappa shape index (κ1) is 27.9. The van der Waals surface area contributed by atoms with Gasteiger partial charge in [0.05, 0.1) is 31.7 Å². The van der Waals surface area contributed by atoms with Crippen molar-refractivity contribution in [3.05, 3.63) is 119 Å². The Kier molecular flexibility index (Phi) is 8.62. The van der Waals surface area contributed by atoms with Gasteiger partial charge < -0.3 is 30.7 Å². The fraction of sp³-hybridized carbons (Fsp3) is 0.212. The molecule has 0 radical (unpaired) electrons. The van der Waals surface area contributed by atoms with Crippen LogP contribution in [0, 0.1) is 0 Å². The summed E-state index contributed by atoms with van der Waals surface area (Å²) in [6.45, 7) is 0.447. The largest absolute Gasteiger partial charge is 0.493 e. The van der Waals surface area contributed by atoms with Crippen molar-refractivity contribution < 1.29 is 29.3 Å². The summed E-state index contributed by atoms with van der Waals surface area (Å²) in [6.07, 6.45) is 0.494. The summed E-state index contributed by atoms with van der Waals surface area (Å²) in [5, 5.41) is 22.0. The molecule has 0 saturated carbocycles. The second-order valence-corrected chi connectivity index (χ2v) is 10.0. The summed E-state index contributed by atoms with van der Waals surface area (Å²) in [7, 11) is 0. The molecule has 4 aromatic rings. The number of para-hydroxylation sites is 2. The predicted molar refractivity (Wildman–Crippen MR) is 155 cm³/mol. The molecule has 0 aliphatic carbocycles. The topological polar surface area (TPSA) is 131 Å². The molecule has 1 aliphatic rings. The van der Waals surface area contributed by atoms with E-state index in [1.54, 1.807) is 30.3 Å². The number of fused-ring (bicyclic) bond motifs is 1. The average molecular weight is 553 g/mol. The Hall–Kier alpha value is -4.66. The number of hydrogen-bond acceptors (Lipinski definition) is 6. The highest BCUT2D eigenvalue weighted by Crippen LogP contribution is 2.32. The SMILES string of the molecule is N[C@H](CO)c1cccc(-c2cc(COc3ccccc3CC(=O)O)cc(C(=O)N[C@H]3CCOc4ccccc43)c2)c1. The molecule has 41 heavy (non-hydrogen) atoms. The highest BCUT2D eigenvalue weighted by Gasteiger charge is 2.23. The minimum absolute atomic E-state index is 0.126. The van der Waals surface area contributed by atoms with Crippen LogP contribution >= 0.6 is 0 Å². The zero-order chi connectivity index (χ0) is 28.8. The third-order valence-electron chi connectivity index (χ3n) is 7.07. The van der Waals surface area contributed by atoms with Crippen LogP contribution in [0.1, 0.15) is 51.1 Å². The van der Waals surface area contributed by atoms with E-state index in [-0.39, 0.29) is 31.6 Å². The van der Waals surface area contributed by atoms with Gasteiger partial charge in [-0.05, 0) is 58.7 Å². The zero-order valence-corrected chi connectivity index (χ0v) is 22.5. The lowest BCUT2D eigenvalue weighted by Crippen LogP contribution is -2.32. The summed E-state index contributed by atoms with van der Waals surface area (Å²) >= 11 is 0. The van der Waals surface area contributed by atoms with Crippen molar-refractivity contribution in [1.82, 2.24) is 5.32 Å². The van der Waals surface area contributed by atoms with Gasteiger partial charge in [0.15, 0.2) is 0 Å². The van der Waals surface area contributed by atoms with E-state index in [0.717, 1.165) is 33.6 Å². The van der Waals surface area contributed by atoms with Gasteiger partial charge in [0, 0.05) is 23.1 Å². The van der Waals surface area contributed by atoms with Crippen molar-refractivity contribution in [2.45, 2.75) is 31.5 Å². The molecule has 4 aromatic carbocycles. The molecule has 8 nitrogen and oxygen atoms in total. The maximum atomic E-state index is 13.6. The summed E-state index contributed by atoms with van der Waals surface area (Å²) < 4.78 is 11.8. The van der Waals surface area contributed by atoms with Gasteiger partial charge in [-0.3, -0.25) is 9.59 Å². The second kappa shape index (κ2) is 12.7. The molecule has 1 aliphatic heterocycles. The maximum Gasteiger partial charge on any atom is 0.307 e. The number of carboxylic acids is 1. The summed E-state index contributed by atoms with van der Waals surface area (Å²) in [4.78, 5) is 24.9. The first-order valence-corrected chi connectivity index (χ1v) is 13.5.